The summed E-state index contributed by atoms with van der Waals surface area (Å²) in [5.41, 5.74) is 2.66. The van der Waals surface area contributed by atoms with Gasteiger partial charge in [0.2, 0.25) is 5.91 Å². The molecule has 0 unspecified atom stereocenters. The first-order chi connectivity index (χ1) is 9.70. The normalized spacial score (nSPS) is 21.4. The van der Waals surface area contributed by atoms with Crippen LogP contribution in [0.25, 0.3) is 0 Å². The summed E-state index contributed by atoms with van der Waals surface area (Å²) in [5.74, 6) is 0.521. The van der Waals surface area contributed by atoms with Crippen molar-refractivity contribution >= 4 is 5.91 Å². The molecular formula is C17H23NO2. The first-order valence-corrected chi connectivity index (χ1v) is 7.62. The summed E-state index contributed by atoms with van der Waals surface area (Å²) in [7, 11) is 0. The van der Waals surface area contributed by atoms with Gasteiger partial charge in [0.05, 0.1) is 0 Å². The maximum Gasteiger partial charge on any atom is 0.223 e. The Morgan fingerprint density at radius 2 is 1.90 bits per heavy atom. The fourth-order valence-electron chi connectivity index (χ4n) is 2.98. The first-order valence-electron chi connectivity index (χ1n) is 7.62. The molecule has 1 amide bonds. The van der Waals surface area contributed by atoms with Crippen molar-refractivity contribution in [2.75, 3.05) is 19.8 Å². The molecule has 1 aromatic rings. The van der Waals surface area contributed by atoms with Gasteiger partial charge >= 0.3 is 0 Å². The first kappa shape index (κ1) is 13.6. The molecule has 3 heteroatoms. The van der Waals surface area contributed by atoms with Crippen LogP contribution in [0.3, 0.4) is 0 Å². The number of hydrogen-bond acceptors (Lipinski definition) is 2. The van der Waals surface area contributed by atoms with Gasteiger partial charge in [0.25, 0.3) is 0 Å². The Balaban J connectivity index is 1.76. The van der Waals surface area contributed by atoms with Crippen LogP contribution in [0.4, 0.5) is 0 Å². The van der Waals surface area contributed by atoms with Crippen molar-refractivity contribution in [1.82, 2.24) is 5.32 Å². The molecule has 3 nitrogen and oxygen atoms in total. The van der Waals surface area contributed by atoms with Gasteiger partial charge < -0.3 is 10.1 Å². The van der Waals surface area contributed by atoms with Gasteiger partial charge in [-0.1, -0.05) is 29.8 Å². The summed E-state index contributed by atoms with van der Waals surface area (Å²) in [6.07, 6.45) is 4.10. The molecule has 0 aromatic heterocycles. The number of aryl methyl sites for hydroxylation is 1. The zero-order valence-electron chi connectivity index (χ0n) is 12.2. The van der Waals surface area contributed by atoms with E-state index in [1.807, 2.05) is 0 Å². The highest BCUT2D eigenvalue weighted by Gasteiger charge is 2.36. The van der Waals surface area contributed by atoms with Gasteiger partial charge in [-0.2, -0.15) is 0 Å². The standard InChI is InChI=1S/C17H23NO2/c1-13-2-6-15(7-3-13)17(8-10-20-11-9-17)12-18-16(19)14-4-5-14/h2-3,6-7,14H,4-5,8-12H2,1H3,(H,18,19). The smallest absolute Gasteiger partial charge is 0.223 e. The van der Waals surface area contributed by atoms with Gasteiger partial charge in [-0.3, -0.25) is 4.79 Å². The Labute approximate surface area is 120 Å². The predicted octanol–water partition coefficient (Wildman–Crippen LogP) is 2.57. The molecular weight excluding hydrogens is 250 g/mol. The highest BCUT2D eigenvalue weighted by Crippen LogP contribution is 2.35. The lowest BCUT2D eigenvalue weighted by molar-refractivity contribution is -0.122. The summed E-state index contributed by atoms with van der Waals surface area (Å²) in [4.78, 5) is 11.9. The molecule has 1 heterocycles. The largest absolute Gasteiger partial charge is 0.381 e. The molecule has 3 rings (SSSR count). The average Bonchev–Trinajstić information content (AvgIpc) is 3.31. The maximum absolute atomic E-state index is 11.9. The number of ether oxygens (including phenoxy) is 1. The Morgan fingerprint density at radius 3 is 2.50 bits per heavy atom. The van der Waals surface area contributed by atoms with Gasteiger partial charge in [0.15, 0.2) is 0 Å². The topological polar surface area (TPSA) is 38.3 Å². The molecule has 0 spiro atoms. The van der Waals surface area contributed by atoms with Crippen molar-refractivity contribution < 1.29 is 9.53 Å². The van der Waals surface area contributed by atoms with Crippen LogP contribution in [0.2, 0.25) is 0 Å². The Bertz CT molecular complexity index is 470. The number of carbonyl (C=O) groups excluding carboxylic acids is 1. The Hall–Kier alpha value is -1.35. The number of hydrogen-bond donors (Lipinski definition) is 1. The van der Waals surface area contributed by atoms with E-state index in [2.05, 4.69) is 36.5 Å². The minimum absolute atomic E-state index is 0.0521. The van der Waals surface area contributed by atoms with Crippen molar-refractivity contribution in [3.63, 3.8) is 0 Å². The summed E-state index contributed by atoms with van der Waals surface area (Å²) in [6.45, 7) is 4.42. The second kappa shape index (κ2) is 5.57. The molecule has 1 aromatic carbocycles. The molecule has 1 aliphatic carbocycles. The van der Waals surface area contributed by atoms with E-state index in [1.54, 1.807) is 0 Å². The van der Waals surface area contributed by atoms with E-state index < -0.39 is 0 Å². The van der Waals surface area contributed by atoms with Crippen LogP contribution in [0.1, 0.15) is 36.8 Å². The summed E-state index contributed by atoms with van der Waals surface area (Å²) < 4.78 is 5.52. The third-order valence-electron chi connectivity index (χ3n) is 4.66. The lowest BCUT2D eigenvalue weighted by Gasteiger charge is -2.38. The third-order valence-corrected chi connectivity index (χ3v) is 4.66. The van der Waals surface area contributed by atoms with Crippen molar-refractivity contribution in [3.8, 4) is 0 Å². The van der Waals surface area contributed by atoms with E-state index in [-0.39, 0.29) is 17.2 Å². The number of benzene rings is 1. The molecule has 2 fully saturated rings. The number of amides is 1. The molecule has 1 aliphatic heterocycles. The van der Waals surface area contributed by atoms with E-state index >= 15 is 0 Å². The van der Waals surface area contributed by atoms with Crippen LogP contribution >= 0.6 is 0 Å². The second-order valence-electron chi connectivity index (χ2n) is 6.25. The SMILES string of the molecule is Cc1ccc(C2(CNC(=O)C3CC3)CCOCC2)cc1. The monoisotopic (exact) mass is 273 g/mol. The Kier molecular flexibility index (Phi) is 3.79. The minimum atomic E-state index is 0.0521. The van der Waals surface area contributed by atoms with Crippen LogP contribution in [0.15, 0.2) is 24.3 Å². The van der Waals surface area contributed by atoms with E-state index in [1.165, 1.54) is 11.1 Å². The molecule has 0 radical (unpaired) electrons. The van der Waals surface area contributed by atoms with Gasteiger partial charge in [0, 0.05) is 31.1 Å². The zero-order valence-corrected chi connectivity index (χ0v) is 12.2. The molecule has 1 saturated heterocycles. The fraction of sp³-hybridized carbons (Fsp3) is 0.588. The Morgan fingerprint density at radius 1 is 1.25 bits per heavy atom. The van der Waals surface area contributed by atoms with Crippen molar-refractivity contribution in [3.05, 3.63) is 35.4 Å². The van der Waals surface area contributed by atoms with E-state index in [0.29, 0.717) is 0 Å². The predicted molar refractivity (Wildman–Crippen MR) is 78.6 cm³/mol. The number of rotatable bonds is 4. The van der Waals surface area contributed by atoms with Gasteiger partial charge in [-0.05, 0) is 38.2 Å². The van der Waals surface area contributed by atoms with Crippen LogP contribution in [0, 0.1) is 12.8 Å². The van der Waals surface area contributed by atoms with Gasteiger partial charge in [0.1, 0.15) is 0 Å². The highest BCUT2D eigenvalue weighted by atomic mass is 16.5. The summed E-state index contributed by atoms with van der Waals surface area (Å²) in [5, 5.41) is 3.17. The van der Waals surface area contributed by atoms with Crippen molar-refractivity contribution in [2.24, 2.45) is 5.92 Å². The molecule has 20 heavy (non-hydrogen) atoms. The maximum atomic E-state index is 11.9. The van der Waals surface area contributed by atoms with Gasteiger partial charge in [-0.15, -0.1) is 0 Å². The second-order valence-corrected chi connectivity index (χ2v) is 6.25. The molecule has 108 valence electrons. The molecule has 1 saturated carbocycles. The van der Waals surface area contributed by atoms with Crippen molar-refractivity contribution in [2.45, 2.75) is 38.0 Å². The van der Waals surface area contributed by atoms with E-state index in [9.17, 15) is 4.79 Å². The minimum Gasteiger partial charge on any atom is -0.381 e. The van der Waals surface area contributed by atoms with Gasteiger partial charge in [-0.25, -0.2) is 0 Å². The lowest BCUT2D eigenvalue weighted by Crippen LogP contribution is -2.45. The van der Waals surface area contributed by atoms with Crippen molar-refractivity contribution in [1.29, 1.82) is 0 Å². The highest BCUT2D eigenvalue weighted by molar-refractivity contribution is 5.80. The summed E-state index contributed by atoms with van der Waals surface area (Å²) >= 11 is 0. The molecule has 0 atom stereocenters. The fourth-order valence-corrected chi connectivity index (χ4v) is 2.98. The quantitative estimate of drug-likeness (QED) is 0.915. The van der Waals surface area contributed by atoms with Crippen LogP contribution in [-0.2, 0) is 14.9 Å². The average molecular weight is 273 g/mol. The third kappa shape index (κ3) is 2.88. The van der Waals surface area contributed by atoms with Crippen LogP contribution in [0.5, 0.6) is 0 Å². The molecule has 1 N–H and O–H groups in total. The van der Waals surface area contributed by atoms with Crippen LogP contribution < -0.4 is 5.32 Å². The van der Waals surface area contributed by atoms with E-state index in [4.69, 9.17) is 4.74 Å². The van der Waals surface area contributed by atoms with Crippen LogP contribution in [-0.4, -0.2) is 25.7 Å². The number of nitrogens with one attached hydrogen (secondary N) is 1. The molecule has 0 bridgehead atoms. The van der Waals surface area contributed by atoms with E-state index in [0.717, 1.165) is 45.4 Å². The molecule has 2 aliphatic rings. The zero-order chi connectivity index (χ0) is 14.0. The number of carbonyl (C=O) groups is 1. The lowest BCUT2D eigenvalue weighted by atomic mass is 9.74. The summed E-state index contributed by atoms with van der Waals surface area (Å²) in [6, 6.07) is 8.75.